The zero-order valence-electron chi connectivity index (χ0n) is 9.81. The van der Waals surface area contributed by atoms with E-state index >= 15 is 0 Å². The number of hydrogen-bond acceptors (Lipinski definition) is 5. The molecular weight excluding hydrogens is 204 g/mol. The standard InChI is InChI=1S/C11H18N4O/c1-14-6-8-15(9-7-14)13-11-10(16-2)4-3-5-12-11/h3-5H,6-9H2,1-2H3,(H,12,13). The summed E-state index contributed by atoms with van der Waals surface area (Å²) in [6, 6.07) is 3.78. The third-order valence-corrected chi connectivity index (χ3v) is 2.76. The Morgan fingerprint density at radius 1 is 1.31 bits per heavy atom. The lowest BCUT2D eigenvalue weighted by atomic mass is 10.4. The number of nitrogens with zero attached hydrogens (tertiary/aromatic N) is 3. The molecule has 2 rings (SSSR count). The lowest BCUT2D eigenvalue weighted by Gasteiger charge is -2.32. The summed E-state index contributed by atoms with van der Waals surface area (Å²) in [4.78, 5) is 6.58. The van der Waals surface area contributed by atoms with Gasteiger partial charge in [0.15, 0.2) is 11.6 Å². The van der Waals surface area contributed by atoms with Crippen molar-refractivity contribution in [2.45, 2.75) is 0 Å². The van der Waals surface area contributed by atoms with Crippen LogP contribution < -0.4 is 10.2 Å². The van der Waals surface area contributed by atoms with Crippen molar-refractivity contribution in [1.82, 2.24) is 14.9 Å². The van der Waals surface area contributed by atoms with Gasteiger partial charge < -0.3 is 9.64 Å². The number of piperazine rings is 1. The molecule has 1 aliphatic rings. The quantitative estimate of drug-likeness (QED) is 0.814. The summed E-state index contributed by atoms with van der Waals surface area (Å²) < 4.78 is 5.25. The van der Waals surface area contributed by atoms with Crippen LogP contribution in [0.4, 0.5) is 5.82 Å². The monoisotopic (exact) mass is 222 g/mol. The van der Waals surface area contributed by atoms with Crippen molar-refractivity contribution >= 4 is 5.82 Å². The van der Waals surface area contributed by atoms with Gasteiger partial charge in [-0.15, -0.1) is 0 Å². The molecule has 1 N–H and O–H groups in total. The smallest absolute Gasteiger partial charge is 0.183 e. The number of pyridine rings is 1. The van der Waals surface area contributed by atoms with Crippen LogP contribution in [0.2, 0.25) is 0 Å². The number of likely N-dealkylation sites (N-methyl/N-ethyl adjacent to an activating group) is 1. The Morgan fingerprint density at radius 3 is 2.75 bits per heavy atom. The fraction of sp³-hybridized carbons (Fsp3) is 0.545. The Hall–Kier alpha value is -1.33. The van der Waals surface area contributed by atoms with Gasteiger partial charge in [0.1, 0.15) is 0 Å². The molecule has 0 radical (unpaired) electrons. The summed E-state index contributed by atoms with van der Waals surface area (Å²) in [6.07, 6.45) is 1.76. The Bertz CT molecular complexity index is 337. The highest BCUT2D eigenvalue weighted by atomic mass is 16.5. The molecule has 5 nitrogen and oxygen atoms in total. The Kier molecular flexibility index (Phi) is 3.58. The van der Waals surface area contributed by atoms with Crippen LogP contribution in [0.3, 0.4) is 0 Å². The molecule has 0 unspecified atom stereocenters. The van der Waals surface area contributed by atoms with E-state index in [1.807, 2.05) is 12.1 Å². The van der Waals surface area contributed by atoms with Crippen LogP contribution >= 0.6 is 0 Å². The van der Waals surface area contributed by atoms with Crippen LogP contribution in [0, 0.1) is 0 Å². The largest absolute Gasteiger partial charge is 0.493 e. The summed E-state index contributed by atoms with van der Waals surface area (Å²) >= 11 is 0. The number of hydrazine groups is 1. The number of ether oxygens (including phenoxy) is 1. The van der Waals surface area contributed by atoms with Crippen molar-refractivity contribution in [3.05, 3.63) is 18.3 Å². The summed E-state index contributed by atoms with van der Waals surface area (Å²) in [5.74, 6) is 1.57. The maximum atomic E-state index is 5.25. The normalized spacial score (nSPS) is 18.4. The van der Waals surface area contributed by atoms with Gasteiger partial charge in [0, 0.05) is 32.4 Å². The summed E-state index contributed by atoms with van der Waals surface area (Å²) in [5, 5.41) is 2.17. The van der Waals surface area contributed by atoms with E-state index in [0.717, 1.165) is 37.7 Å². The van der Waals surface area contributed by atoms with Crippen molar-refractivity contribution in [3.8, 4) is 5.75 Å². The molecule has 1 fully saturated rings. The lowest BCUT2D eigenvalue weighted by molar-refractivity contribution is 0.178. The van der Waals surface area contributed by atoms with Crippen LogP contribution in [0.15, 0.2) is 18.3 Å². The van der Waals surface area contributed by atoms with Gasteiger partial charge in [-0.25, -0.2) is 9.99 Å². The maximum Gasteiger partial charge on any atom is 0.183 e. The molecule has 88 valence electrons. The second-order valence-electron chi connectivity index (χ2n) is 3.96. The summed E-state index contributed by atoms with van der Waals surface area (Å²) in [6.45, 7) is 4.14. The van der Waals surface area contributed by atoms with E-state index in [9.17, 15) is 0 Å². The minimum Gasteiger partial charge on any atom is -0.493 e. The van der Waals surface area contributed by atoms with E-state index in [1.165, 1.54) is 0 Å². The van der Waals surface area contributed by atoms with Crippen molar-refractivity contribution in [1.29, 1.82) is 0 Å². The highest BCUT2D eigenvalue weighted by molar-refractivity contribution is 5.48. The molecule has 0 atom stereocenters. The zero-order chi connectivity index (χ0) is 11.4. The van der Waals surface area contributed by atoms with Gasteiger partial charge in [0.05, 0.1) is 7.11 Å². The first-order valence-corrected chi connectivity index (χ1v) is 5.49. The summed E-state index contributed by atoms with van der Waals surface area (Å²) in [7, 11) is 3.80. The SMILES string of the molecule is COc1cccnc1NN1CCN(C)CC1. The molecule has 5 heteroatoms. The maximum absolute atomic E-state index is 5.25. The molecule has 1 saturated heterocycles. The van der Waals surface area contributed by atoms with Gasteiger partial charge in [0.2, 0.25) is 0 Å². The molecule has 1 aromatic rings. The van der Waals surface area contributed by atoms with Crippen LogP contribution in [0.5, 0.6) is 5.75 Å². The van der Waals surface area contributed by atoms with Crippen molar-refractivity contribution in [3.63, 3.8) is 0 Å². The minimum atomic E-state index is 0.779. The number of nitrogens with one attached hydrogen (secondary N) is 1. The van der Waals surface area contributed by atoms with Gasteiger partial charge in [0.25, 0.3) is 0 Å². The van der Waals surface area contributed by atoms with E-state index in [-0.39, 0.29) is 0 Å². The topological polar surface area (TPSA) is 40.6 Å². The third kappa shape index (κ3) is 2.62. The van der Waals surface area contributed by atoms with Crippen LogP contribution in [0.25, 0.3) is 0 Å². The minimum absolute atomic E-state index is 0.779. The first-order chi connectivity index (χ1) is 7.79. The highest BCUT2D eigenvalue weighted by Gasteiger charge is 2.15. The lowest BCUT2D eigenvalue weighted by Crippen LogP contribution is -2.47. The number of methoxy groups -OCH3 is 1. The van der Waals surface area contributed by atoms with Gasteiger partial charge >= 0.3 is 0 Å². The van der Waals surface area contributed by atoms with Gasteiger partial charge in [-0.05, 0) is 19.2 Å². The Morgan fingerprint density at radius 2 is 2.06 bits per heavy atom. The molecule has 0 spiro atoms. The Labute approximate surface area is 96.0 Å². The van der Waals surface area contributed by atoms with Gasteiger partial charge in [-0.1, -0.05) is 0 Å². The molecule has 0 aromatic carbocycles. The van der Waals surface area contributed by atoms with Crippen LogP contribution in [0.1, 0.15) is 0 Å². The van der Waals surface area contributed by atoms with E-state index in [0.29, 0.717) is 0 Å². The van der Waals surface area contributed by atoms with Gasteiger partial charge in [-0.2, -0.15) is 0 Å². The molecular formula is C11H18N4O. The third-order valence-electron chi connectivity index (χ3n) is 2.76. The Balaban J connectivity index is 1.98. The summed E-state index contributed by atoms with van der Waals surface area (Å²) in [5.41, 5.74) is 3.29. The first-order valence-electron chi connectivity index (χ1n) is 5.49. The molecule has 1 aliphatic heterocycles. The molecule has 0 saturated carbocycles. The predicted molar refractivity (Wildman–Crippen MR) is 63.5 cm³/mol. The van der Waals surface area contributed by atoms with Crippen molar-refractivity contribution in [2.24, 2.45) is 0 Å². The number of anilines is 1. The second-order valence-corrected chi connectivity index (χ2v) is 3.96. The van der Waals surface area contributed by atoms with E-state index in [4.69, 9.17) is 4.74 Å². The van der Waals surface area contributed by atoms with E-state index in [1.54, 1.807) is 13.3 Å². The molecule has 1 aromatic heterocycles. The molecule has 2 heterocycles. The average molecular weight is 222 g/mol. The average Bonchev–Trinajstić information content (AvgIpc) is 2.33. The molecule has 0 amide bonds. The van der Waals surface area contributed by atoms with Crippen molar-refractivity contribution in [2.75, 3.05) is 45.8 Å². The molecule has 0 bridgehead atoms. The highest BCUT2D eigenvalue weighted by Crippen LogP contribution is 2.20. The first kappa shape index (κ1) is 11.2. The number of hydrogen-bond donors (Lipinski definition) is 1. The van der Waals surface area contributed by atoms with E-state index < -0.39 is 0 Å². The predicted octanol–water partition coefficient (Wildman–Crippen LogP) is 0.664. The molecule has 0 aliphatic carbocycles. The van der Waals surface area contributed by atoms with E-state index in [2.05, 4.69) is 27.4 Å². The van der Waals surface area contributed by atoms with Crippen LogP contribution in [-0.4, -0.2) is 55.2 Å². The fourth-order valence-electron chi connectivity index (χ4n) is 1.71. The number of aromatic nitrogens is 1. The van der Waals surface area contributed by atoms with Gasteiger partial charge in [-0.3, -0.25) is 5.43 Å². The molecule has 16 heavy (non-hydrogen) atoms. The van der Waals surface area contributed by atoms with Crippen molar-refractivity contribution < 1.29 is 4.74 Å². The van der Waals surface area contributed by atoms with Crippen LogP contribution in [-0.2, 0) is 0 Å². The zero-order valence-corrected chi connectivity index (χ0v) is 9.81. The number of rotatable bonds is 3. The fourth-order valence-corrected chi connectivity index (χ4v) is 1.71. The second kappa shape index (κ2) is 5.14.